The molecule has 0 aromatic heterocycles. The molecule has 0 fully saturated rings. The number of rotatable bonds is 20. The molecule has 0 saturated heterocycles. The number of carboxylic acid groups (broad SMARTS) is 4. The fourth-order valence-electron chi connectivity index (χ4n) is 2.96. The summed E-state index contributed by atoms with van der Waals surface area (Å²) in [6.07, 6.45) is 14.5. The van der Waals surface area contributed by atoms with Gasteiger partial charge in [-0.15, -0.1) is 0 Å². The molecule has 14 heteroatoms. The minimum Gasteiger partial charge on any atom is -0.480 e. The van der Waals surface area contributed by atoms with Crippen molar-refractivity contribution < 1.29 is 39.6 Å². The Morgan fingerprint density at radius 1 is 0.688 bits per heavy atom. The van der Waals surface area contributed by atoms with E-state index in [4.69, 9.17) is 43.4 Å². The molecule has 12 N–H and O–H groups in total. The van der Waals surface area contributed by atoms with Gasteiger partial charge in [-0.3, -0.25) is 19.2 Å². The molecule has 12 nitrogen and oxygen atoms in total. The van der Waals surface area contributed by atoms with Crippen molar-refractivity contribution in [3.8, 4) is 0 Å². The maximum atomic E-state index is 10.6. The van der Waals surface area contributed by atoms with Crippen molar-refractivity contribution >= 4 is 47.4 Å². The first-order valence-corrected chi connectivity index (χ1v) is 18.7. The van der Waals surface area contributed by atoms with E-state index in [-0.39, 0.29) is 11.8 Å². The van der Waals surface area contributed by atoms with Crippen molar-refractivity contribution in [1.29, 1.82) is 0 Å². The van der Waals surface area contributed by atoms with Crippen molar-refractivity contribution in [3.63, 3.8) is 0 Å². The lowest BCUT2D eigenvalue weighted by atomic mass is 10.0. The lowest BCUT2D eigenvalue weighted by molar-refractivity contribution is -0.140. The summed E-state index contributed by atoms with van der Waals surface area (Å²) < 4.78 is 0. The Hall–Kier alpha value is -2.36. The molecule has 0 aromatic rings. The van der Waals surface area contributed by atoms with E-state index in [2.05, 4.69) is 45.9 Å². The van der Waals surface area contributed by atoms with Gasteiger partial charge in [0, 0.05) is 11.5 Å². The first kappa shape index (κ1) is 52.5. The second kappa shape index (κ2) is 33.2. The molecule has 0 aliphatic heterocycles. The van der Waals surface area contributed by atoms with E-state index in [9.17, 15) is 19.2 Å². The number of nitrogens with two attached hydrogens (primary N) is 4. The summed E-state index contributed by atoms with van der Waals surface area (Å²) in [4.78, 5) is 40.8. The van der Waals surface area contributed by atoms with Gasteiger partial charge in [0.1, 0.15) is 24.2 Å². The van der Waals surface area contributed by atoms with Gasteiger partial charge in [-0.2, -0.15) is 23.5 Å². The molecule has 0 unspecified atom stereocenters. The third kappa shape index (κ3) is 36.5. The molecule has 0 spiro atoms. The lowest BCUT2D eigenvalue weighted by Crippen LogP contribution is -2.36. The number of allylic oxidation sites excluding steroid dienone is 5. The molecule has 0 aromatic carbocycles. The van der Waals surface area contributed by atoms with Crippen LogP contribution in [0.4, 0.5) is 0 Å². The molecule has 0 bridgehead atoms. The summed E-state index contributed by atoms with van der Waals surface area (Å²) >= 11 is 3.17. The molecule has 0 radical (unpaired) electrons. The van der Waals surface area contributed by atoms with Crippen LogP contribution in [-0.4, -0.2) is 92.0 Å². The molecule has 0 rings (SSSR count). The topological polar surface area (TPSA) is 253 Å². The highest BCUT2D eigenvalue weighted by Crippen LogP contribution is 2.13. The summed E-state index contributed by atoms with van der Waals surface area (Å²) in [6.45, 7) is 15.9. The number of thioether (sulfide) groups is 2. The van der Waals surface area contributed by atoms with Crippen LogP contribution in [0.1, 0.15) is 93.9 Å². The van der Waals surface area contributed by atoms with E-state index in [1.165, 1.54) is 16.7 Å². The minimum atomic E-state index is -0.931. The standard InChI is InChI=1S/C18H31NO2S.C6H13NO2.C5H11NO2S.C5H11NO2/c1-14(2)7-5-8-15(3)9-6-10-16(4)11-12-22-13-17(19)18(20)21;1-3-4(2)5(7)6(8)9;1-9-3-2-4(6)5(7)8;1-3(2)4(6)5(7)8/h7,9,11,17H,5-6,8,10,12-13,19H2,1-4H3,(H,20,21);4-5H,3,7H2,1-2H3,(H,8,9);4H,2-3,6H2,1H3,(H,7,8);3-4H,6H2,1-2H3,(H,7,8)/b15-9+,16-11+;;;/t17-;4-,5-;2*4-/m0000/s1. The van der Waals surface area contributed by atoms with Crippen molar-refractivity contribution in [2.45, 2.75) is 118 Å². The highest BCUT2D eigenvalue weighted by molar-refractivity contribution is 7.99. The van der Waals surface area contributed by atoms with E-state index >= 15 is 0 Å². The van der Waals surface area contributed by atoms with Crippen LogP contribution in [0.5, 0.6) is 0 Å². The van der Waals surface area contributed by atoms with Crippen LogP contribution in [0.15, 0.2) is 34.9 Å². The van der Waals surface area contributed by atoms with Crippen LogP contribution >= 0.6 is 23.5 Å². The van der Waals surface area contributed by atoms with E-state index in [0.717, 1.165) is 43.6 Å². The van der Waals surface area contributed by atoms with Crippen LogP contribution in [-0.2, 0) is 19.2 Å². The van der Waals surface area contributed by atoms with Gasteiger partial charge in [0.15, 0.2) is 0 Å². The van der Waals surface area contributed by atoms with Crippen LogP contribution in [0.2, 0.25) is 0 Å². The predicted molar refractivity (Wildman–Crippen MR) is 202 cm³/mol. The second-order valence-electron chi connectivity index (χ2n) is 12.0. The monoisotopic (exact) mass is 722 g/mol. The zero-order valence-electron chi connectivity index (χ0n) is 30.6. The molecule has 282 valence electrons. The molecule has 0 amide bonds. The minimum absolute atomic E-state index is 0.0208. The van der Waals surface area contributed by atoms with Crippen molar-refractivity contribution in [2.24, 2.45) is 34.8 Å². The smallest absolute Gasteiger partial charge is 0.321 e. The molecule has 48 heavy (non-hydrogen) atoms. The number of carbonyl (C=O) groups is 4. The van der Waals surface area contributed by atoms with Crippen molar-refractivity contribution in [3.05, 3.63) is 34.9 Å². The third-order valence-corrected chi connectivity index (χ3v) is 8.42. The van der Waals surface area contributed by atoms with E-state index in [1.807, 2.05) is 20.1 Å². The molecule has 0 aliphatic carbocycles. The molecule has 0 heterocycles. The zero-order valence-corrected chi connectivity index (χ0v) is 32.2. The van der Waals surface area contributed by atoms with Crippen molar-refractivity contribution in [1.82, 2.24) is 0 Å². The van der Waals surface area contributed by atoms with E-state index in [0.29, 0.717) is 12.2 Å². The summed E-state index contributed by atoms with van der Waals surface area (Å²) in [5.41, 5.74) is 25.3. The molecule has 0 saturated carbocycles. The van der Waals surface area contributed by atoms with Gasteiger partial charge in [0.05, 0.1) is 0 Å². The fourth-order valence-corrected chi connectivity index (χ4v) is 4.38. The number of hydrogen-bond acceptors (Lipinski definition) is 10. The first-order chi connectivity index (χ1) is 22.1. The fraction of sp³-hybridized carbons (Fsp3) is 0.706. The van der Waals surface area contributed by atoms with E-state index < -0.39 is 48.0 Å². The van der Waals surface area contributed by atoms with Gasteiger partial charge in [0.25, 0.3) is 0 Å². The average Bonchev–Trinajstić information content (AvgIpc) is 3.00. The highest BCUT2D eigenvalue weighted by Gasteiger charge is 2.17. The normalized spacial score (nSPS) is 14.3. The SMILES string of the molecule is CC(C)=CCC/C(C)=C/CC/C(C)=C/CSC[C@H](N)C(=O)O.CC(C)[C@H](N)C(=O)O.CC[C@H](C)[C@H](N)C(=O)O.CSCC[C@H](N)C(=O)O. The van der Waals surface area contributed by atoms with Crippen LogP contribution in [0.3, 0.4) is 0 Å². The highest BCUT2D eigenvalue weighted by atomic mass is 32.2. The van der Waals surface area contributed by atoms with Gasteiger partial charge >= 0.3 is 23.9 Å². The zero-order chi connectivity index (χ0) is 38.4. The number of hydrogen-bond donors (Lipinski definition) is 8. The maximum absolute atomic E-state index is 10.6. The quantitative estimate of drug-likeness (QED) is 0.0594. The summed E-state index contributed by atoms with van der Waals surface area (Å²) in [7, 11) is 0. The first-order valence-electron chi connectivity index (χ1n) is 16.1. The summed E-state index contributed by atoms with van der Waals surface area (Å²) in [5, 5.41) is 33.5. The third-order valence-electron chi connectivity index (χ3n) is 6.78. The number of carboxylic acids is 4. The van der Waals surface area contributed by atoms with Crippen LogP contribution < -0.4 is 22.9 Å². The average molecular weight is 723 g/mol. The van der Waals surface area contributed by atoms with Gasteiger partial charge in [0.2, 0.25) is 0 Å². The van der Waals surface area contributed by atoms with Gasteiger partial charge in [-0.25, -0.2) is 0 Å². The number of aliphatic carboxylic acids is 4. The lowest BCUT2D eigenvalue weighted by Gasteiger charge is -2.11. The van der Waals surface area contributed by atoms with Gasteiger partial charge in [-0.05, 0) is 83.6 Å². The summed E-state index contributed by atoms with van der Waals surface area (Å²) in [5.74, 6) is -1.49. The molecular formula is C34H66N4O8S2. The largest absolute Gasteiger partial charge is 0.480 e. The molecule has 5 atom stereocenters. The van der Waals surface area contributed by atoms with Crippen molar-refractivity contribution in [2.75, 3.05) is 23.5 Å². The van der Waals surface area contributed by atoms with E-state index in [1.54, 1.807) is 37.4 Å². The van der Waals surface area contributed by atoms with Gasteiger partial charge < -0.3 is 43.4 Å². The molecule has 0 aliphatic rings. The second-order valence-corrected chi connectivity index (χ2v) is 14.1. The Morgan fingerprint density at radius 2 is 1.15 bits per heavy atom. The Kier molecular flexibility index (Phi) is 36.2. The Labute approximate surface area is 297 Å². The Balaban J connectivity index is -0.000000306. The van der Waals surface area contributed by atoms with Crippen LogP contribution in [0, 0.1) is 11.8 Å². The van der Waals surface area contributed by atoms with Gasteiger partial charge in [-0.1, -0.05) is 69.1 Å². The predicted octanol–water partition coefficient (Wildman–Crippen LogP) is 5.20. The molecular weight excluding hydrogens is 657 g/mol. The Bertz CT molecular complexity index is 986. The Morgan fingerprint density at radius 3 is 1.48 bits per heavy atom. The summed E-state index contributed by atoms with van der Waals surface area (Å²) in [6, 6.07) is -2.85. The maximum Gasteiger partial charge on any atom is 0.321 e. The van der Waals surface area contributed by atoms with Crippen LogP contribution in [0.25, 0.3) is 0 Å².